The summed E-state index contributed by atoms with van der Waals surface area (Å²) in [5, 5.41) is 0. The van der Waals surface area contributed by atoms with Gasteiger partial charge in [-0.15, -0.1) is 5.73 Å². The monoisotopic (exact) mass is 350 g/mol. The largest absolute Gasteiger partial charge is 0.380 e. The van der Waals surface area contributed by atoms with Gasteiger partial charge in [0.25, 0.3) is 0 Å². The molecule has 0 heterocycles. The molecule has 0 aromatic carbocycles. The van der Waals surface area contributed by atoms with E-state index in [1.54, 1.807) is 0 Å². The summed E-state index contributed by atoms with van der Waals surface area (Å²) in [7, 11) is 3.79. The van der Waals surface area contributed by atoms with E-state index in [0.717, 1.165) is 25.2 Å². The van der Waals surface area contributed by atoms with Crippen LogP contribution >= 0.6 is 0 Å². The molecule has 0 aromatic heterocycles. The molecule has 5 aliphatic rings. The zero-order valence-corrected chi connectivity index (χ0v) is 15.9. The van der Waals surface area contributed by atoms with Gasteiger partial charge in [-0.05, 0) is 49.2 Å². The molecule has 7 unspecified atom stereocenters. The van der Waals surface area contributed by atoms with Crippen molar-refractivity contribution in [2.45, 2.75) is 43.8 Å². The molecule has 0 spiro atoms. The lowest BCUT2D eigenvalue weighted by Gasteiger charge is -2.38. The van der Waals surface area contributed by atoms with Crippen molar-refractivity contribution >= 4 is 0 Å². The lowest BCUT2D eigenvalue weighted by atomic mass is 9.80. The summed E-state index contributed by atoms with van der Waals surface area (Å²) < 4.78 is 12.4. The van der Waals surface area contributed by atoms with Crippen LogP contribution in [0.15, 0.2) is 53.8 Å². The number of hydrogen-bond acceptors (Lipinski definition) is 2. The summed E-state index contributed by atoms with van der Waals surface area (Å²) in [4.78, 5) is 0. The van der Waals surface area contributed by atoms with Crippen molar-refractivity contribution in [1.82, 2.24) is 0 Å². The zero-order chi connectivity index (χ0) is 17.7. The molecule has 0 amide bonds. The molecule has 0 bridgehead atoms. The van der Waals surface area contributed by atoms with E-state index in [1.807, 2.05) is 14.2 Å². The average molecular weight is 351 g/mol. The van der Waals surface area contributed by atoms with E-state index in [4.69, 9.17) is 9.47 Å². The number of hydrogen-bond donors (Lipinski definition) is 0. The quantitative estimate of drug-likeness (QED) is 0.533. The Morgan fingerprint density at radius 2 is 1.92 bits per heavy atom. The number of methoxy groups -OCH3 is 2. The number of ether oxygens (including phenoxy) is 2. The lowest BCUT2D eigenvalue weighted by Crippen LogP contribution is -2.43. The maximum Gasteiger partial charge on any atom is 0.0784 e. The molecule has 2 heteroatoms. The van der Waals surface area contributed by atoms with E-state index in [9.17, 15) is 0 Å². The predicted molar refractivity (Wildman–Crippen MR) is 104 cm³/mol. The summed E-state index contributed by atoms with van der Waals surface area (Å²) in [6.45, 7) is 0. The van der Waals surface area contributed by atoms with E-state index in [1.165, 1.54) is 18.4 Å². The first-order valence-corrected chi connectivity index (χ1v) is 10.3. The smallest absolute Gasteiger partial charge is 0.0784 e. The molecule has 3 fully saturated rings. The van der Waals surface area contributed by atoms with Gasteiger partial charge in [-0.3, -0.25) is 0 Å². The molecular formula is C24H30O2. The van der Waals surface area contributed by atoms with E-state index in [-0.39, 0.29) is 11.7 Å². The fourth-order valence-electron chi connectivity index (χ4n) is 6.04. The molecule has 5 rings (SSSR count). The fraction of sp³-hybridized carbons (Fsp3) is 0.625. The van der Waals surface area contributed by atoms with Gasteiger partial charge in [-0.1, -0.05) is 36.5 Å². The Labute approximate surface area is 157 Å². The second kappa shape index (κ2) is 6.37. The van der Waals surface area contributed by atoms with Gasteiger partial charge in [0.15, 0.2) is 0 Å². The van der Waals surface area contributed by atoms with Crippen molar-refractivity contribution in [3.8, 4) is 0 Å². The number of fused-ring (bicyclic) bond motifs is 2. The molecule has 0 N–H and O–H groups in total. The van der Waals surface area contributed by atoms with Crippen LogP contribution in [-0.2, 0) is 9.47 Å². The first-order valence-electron chi connectivity index (χ1n) is 10.3. The van der Waals surface area contributed by atoms with Gasteiger partial charge >= 0.3 is 0 Å². The second-order valence-corrected chi connectivity index (χ2v) is 8.95. The zero-order valence-electron chi connectivity index (χ0n) is 15.9. The molecule has 0 aliphatic heterocycles. The minimum atomic E-state index is -0.114. The highest BCUT2D eigenvalue weighted by Crippen LogP contribution is 2.55. The van der Waals surface area contributed by atoms with Crippen LogP contribution < -0.4 is 0 Å². The van der Waals surface area contributed by atoms with Crippen LogP contribution in [0.5, 0.6) is 0 Å². The van der Waals surface area contributed by atoms with Crippen molar-refractivity contribution in [2.24, 2.45) is 35.5 Å². The number of rotatable bonds is 4. The van der Waals surface area contributed by atoms with Gasteiger partial charge in [0.2, 0.25) is 0 Å². The maximum absolute atomic E-state index is 6.30. The minimum Gasteiger partial charge on any atom is -0.380 e. The summed E-state index contributed by atoms with van der Waals surface area (Å²) in [6.07, 6.45) is 22.6. The highest BCUT2D eigenvalue weighted by atomic mass is 16.5. The molecule has 138 valence electrons. The Morgan fingerprint density at radius 1 is 1.08 bits per heavy atom. The first kappa shape index (κ1) is 16.8. The van der Waals surface area contributed by atoms with Gasteiger partial charge in [0, 0.05) is 44.3 Å². The lowest BCUT2D eigenvalue weighted by molar-refractivity contribution is -0.0973. The van der Waals surface area contributed by atoms with Crippen LogP contribution in [0.25, 0.3) is 0 Å². The van der Waals surface area contributed by atoms with Crippen molar-refractivity contribution in [2.75, 3.05) is 14.2 Å². The van der Waals surface area contributed by atoms with Crippen molar-refractivity contribution in [1.29, 1.82) is 0 Å². The molecule has 5 aliphatic carbocycles. The Balaban J connectivity index is 1.44. The average Bonchev–Trinajstić information content (AvgIpc) is 3.38. The van der Waals surface area contributed by atoms with E-state index >= 15 is 0 Å². The molecule has 3 saturated carbocycles. The third-order valence-electron chi connectivity index (χ3n) is 7.65. The van der Waals surface area contributed by atoms with Crippen molar-refractivity contribution < 1.29 is 9.47 Å². The molecule has 2 nitrogen and oxygen atoms in total. The van der Waals surface area contributed by atoms with Crippen LogP contribution in [-0.4, -0.2) is 25.9 Å². The Kier molecular flexibility index (Phi) is 4.12. The number of allylic oxidation sites excluding steroid dienone is 5. The second-order valence-electron chi connectivity index (χ2n) is 8.95. The highest BCUT2D eigenvalue weighted by molar-refractivity contribution is 5.30. The molecule has 0 aromatic rings. The normalized spacial score (nSPS) is 46.2. The first-order chi connectivity index (χ1) is 12.7. The SMILES string of the molecule is COC1C2C=CC=CC2CC1C1(OC)CC2=C=CC(C3CC3)C=CC2C1. The summed E-state index contributed by atoms with van der Waals surface area (Å²) in [6, 6.07) is 0. The molecule has 0 radical (unpaired) electrons. The highest BCUT2D eigenvalue weighted by Gasteiger charge is 2.56. The summed E-state index contributed by atoms with van der Waals surface area (Å²) >= 11 is 0. The molecule has 0 saturated heterocycles. The summed E-state index contributed by atoms with van der Waals surface area (Å²) in [5.74, 6) is 3.49. The molecule has 7 atom stereocenters. The van der Waals surface area contributed by atoms with E-state index in [0.29, 0.717) is 29.6 Å². The van der Waals surface area contributed by atoms with Crippen molar-refractivity contribution in [3.05, 3.63) is 53.8 Å². The van der Waals surface area contributed by atoms with Gasteiger partial charge in [0.1, 0.15) is 0 Å². The van der Waals surface area contributed by atoms with Crippen LogP contribution in [0.3, 0.4) is 0 Å². The Morgan fingerprint density at radius 3 is 2.69 bits per heavy atom. The van der Waals surface area contributed by atoms with Crippen LogP contribution in [0, 0.1) is 35.5 Å². The third kappa shape index (κ3) is 2.62. The third-order valence-corrected chi connectivity index (χ3v) is 7.65. The van der Waals surface area contributed by atoms with Crippen LogP contribution in [0.4, 0.5) is 0 Å². The van der Waals surface area contributed by atoms with E-state index in [2.05, 4.69) is 48.3 Å². The topological polar surface area (TPSA) is 18.5 Å². The molecule has 26 heavy (non-hydrogen) atoms. The van der Waals surface area contributed by atoms with Gasteiger partial charge in [-0.25, -0.2) is 0 Å². The summed E-state index contributed by atoms with van der Waals surface area (Å²) in [5.41, 5.74) is 5.04. The van der Waals surface area contributed by atoms with Gasteiger partial charge < -0.3 is 9.47 Å². The predicted octanol–water partition coefficient (Wildman–Crippen LogP) is 4.85. The fourth-order valence-corrected chi connectivity index (χ4v) is 6.04. The standard InChI is InChI=1S/C24H30O2/c1-25-23-21-6-4-3-5-18(21)13-22(23)24(26-2)14-19-11-9-17(16-7-8-16)10-12-20(19)15-24/h3-6,9-11,16-19,21-23H,7-8,13-15H2,1-2H3. The van der Waals surface area contributed by atoms with Crippen molar-refractivity contribution in [3.63, 3.8) is 0 Å². The minimum absolute atomic E-state index is 0.114. The Hall–Kier alpha value is -1.34. The van der Waals surface area contributed by atoms with Gasteiger partial charge in [-0.2, -0.15) is 0 Å². The maximum atomic E-state index is 6.30. The van der Waals surface area contributed by atoms with E-state index < -0.39 is 0 Å². The van der Waals surface area contributed by atoms with Crippen LogP contribution in [0.1, 0.15) is 32.1 Å². The molecular weight excluding hydrogens is 320 g/mol. The van der Waals surface area contributed by atoms with Crippen LogP contribution in [0.2, 0.25) is 0 Å². The Bertz CT molecular complexity index is 718. The van der Waals surface area contributed by atoms with Gasteiger partial charge in [0.05, 0.1) is 11.7 Å².